The van der Waals surface area contributed by atoms with Gasteiger partial charge in [-0.2, -0.15) is 0 Å². The monoisotopic (exact) mass is 414 g/mol. The summed E-state index contributed by atoms with van der Waals surface area (Å²) >= 11 is 1.30. The van der Waals surface area contributed by atoms with Crippen LogP contribution in [-0.2, 0) is 24.7 Å². The van der Waals surface area contributed by atoms with E-state index < -0.39 is 0 Å². The second-order valence-electron chi connectivity index (χ2n) is 6.51. The van der Waals surface area contributed by atoms with Gasteiger partial charge in [0, 0.05) is 19.2 Å². The van der Waals surface area contributed by atoms with Crippen LogP contribution in [0.5, 0.6) is 5.75 Å². The first-order chi connectivity index (χ1) is 14.0. The van der Waals surface area contributed by atoms with Crippen LogP contribution in [0.3, 0.4) is 0 Å². The molecule has 1 amide bonds. The maximum absolute atomic E-state index is 13.2. The number of nitrogens with zero attached hydrogens (tertiary/aromatic N) is 3. The number of aryl methyl sites for hydroxylation is 2. The van der Waals surface area contributed by atoms with E-state index in [2.05, 4.69) is 27.6 Å². The van der Waals surface area contributed by atoms with Crippen LogP contribution < -0.4 is 10.1 Å². The molecule has 3 aromatic rings. The van der Waals surface area contributed by atoms with Crippen molar-refractivity contribution in [1.29, 1.82) is 0 Å². The van der Waals surface area contributed by atoms with Crippen molar-refractivity contribution in [3.05, 3.63) is 65.7 Å². The second-order valence-corrected chi connectivity index (χ2v) is 7.45. The highest BCUT2D eigenvalue weighted by Crippen LogP contribution is 2.18. The van der Waals surface area contributed by atoms with E-state index in [0.717, 1.165) is 30.8 Å². The van der Waals surface area contributed by atoms with Crippen molar-refractivity contribution in [1.82, 2.24) is 14.8 Å². The number of thioether (sulfide) groups is 1. The van der Waals surface area contributed by atoms with E-state index in [0.29, 0.717) is 10.8 Å². The summed E-state index contributed by atoms with van der Waals surface area (Å²) in [7, 11) is 3.55. The fraction of sp³-hybridized carbons (Fsp3) is 0.286. The van der Waals surface area contributed by atoms with Crippen LogP contribution in [0.25, 0.3) is 0 Å². The van der Waals surface area contributed by atoms with E-state index in [1.807, 2.05) is 23.7 Å². The van der Waals surface area contributed by atoms with E-state index in [1.165, 1.54) is 29.5 Å². The Balaban J connectivity index is 1.46. The molecule has 6 nitrogen and oxygen atoms in total. The molecule has 29 heavy (non-hydrogen) atoms. The number of hydrogen-bond donors (Lipinski definition) is 1. The van der Waals surface area contributed by atoms with Gasteiger partial charge in [0.1, 0.15) is 17.4 Å². The van der Waals surface area contributed by atoms with E-state index >= 15 is 0 Å². The zero-order valence-electron chi connectivity index (χ0n) is 16.4. The Morgan fingerprint density at radius 1 is 1.17 bits per heavy atom. The molecule has 0 aliphatic carbocycles. The van der Waals surface area contributed by atoms with E-state index in [9.17, 15) is 9.18 Å². The van der Waals surface area contributed by atoms with Gasteiger partial charge in [-0.15, -0.1) is 10.2 Å². The number of methoxy groups -OCH3 is 1. The number of rotatable bonds is 9. The molecule has 3 rings (SSSR count). The highest BCUT2D eigenvalue weighted by Gasteiger charge is 2.12. The largest absolute Gasteiger partial charge is 0.497 e. The first-order valence-electron chi connectivity index (χ1n) is 9.24. The third kappa shape index (κ3) is 6.05. The molecule has 1 N–H and O–H groups in total. The molecule has 0 unspecified atom stereocenters. The molecule has 0 atom stereocenters. The van der Waals surface area contributed by atoms with Crippen molar-refractivity contribution in [2.75, 3.05) is 18.2 Å². The molecule has 152 valence electrons. The van der Waals surface area contributed by atoms with Crippen LogP contribution >= 0.6 is 11.8 Å². The van der Waals surface area contributed by atoms with Crippen LogP contribution in [-0.4, -0.2) is 33.5 Å². The van der Waals surface area contributed by atoms with Gasteiger partial charge in [-0.05, 0) is 48.7 Å². The smallest absolute Gasteiger partial charge is 0.234 e. The van der Waals surface area contributed by atoms with Crippen LogP contribution in [0, 0.1) is 5.82 Å². The summed E-state index contributed by atoms with van der Waals surface area (Å²) in [6, 6.07) is 13.9. The summed E-state index contributed by atoms with van der Waals surface area (Å²) in [6.07, 6.45) is 2.68. The molecule has 0 aliphatic rings. The van der Waals surface area contributed by atoms with Gasteiger partial charge in [0.2, 0.25) is 5.91 Å². The van der Waals surface area contributed by atoms with Gasteiger partial charge in [0.15, 0.2) is 5.16 Å². The van der Waals surface area contributed by atoms with Crippen molar-refractivity contribution < 1.29 is 13.9 Å². The van der Waals surface area contributed by atoms with E-state index in [1.54, 1.807) is 19.2 Å². The summed E-state index contributed by atoms with van der Waals surface area (Å²) in [5.74, 6) is 1.30. The molecule has 8 heteroatoms. The number of halogens is 1. The lowest BCUT2D eigenvalue weighted by molar-refractivity contribution is -0.113. The average Bonchev–Trinajstić information content (AvgIpc) is 3.06. The first-order valence-corrected chi connectivity index (χ1v) is 10.2. The minimum absolute atomic E-state index is 0.175. The lowest BCUT2D eigenvalue weighted by Gasteiger charge is -2.06. The van der Waals surface area contributed by atoms with Crippen molar-refractivity contribution in [3.8, 4) is 5.75 Å². The van der Waals surface area contributed by atoms with Crippen molar-refractivity contribution in [2.24, 2.45) is 7.05 Å². The maximum Gasteiger partial charge on any atom is 0.234 e. The fourth-order valence-corrected chi connectivity index (χ4v) is 3.55. The van der Waals surface area contributed by atoms with Crippen LogP contribution in [0.4, 0.5) is 10.1 Å². The van der Waals surface area contributed by atoms with E-state index in [4.69, 9.17) is 4.74 Å². The third-order valence-corrected chi connectivity index (χ3v) is 5.41. The summed E-state index contributed by atoms with van der Waals surface area (Å²) < 4.78 is 20.3. The third-order valence-electron chi connectivity index (χ3n) is 4.39. The number of anilines is 1. The molecule has 0 saturated heterocycles. The Kier molecular flexibility index (Phi) is 7.24. The minimum Gasteiger partial charge on any atom is -0.497 e. The Bertz CT molecular complexity index is 960. The Hall–Kier alpha value is -2.87. The molecule has 0 saturated carbocycles. The molecule has 0 fully saturated rings. The molecular formula is C21H23FN4O2S. The summed E-state index contributed by atoms with van der Waals surface area (Å²) in [6.45, 7) is 0. The number of carbonyl (C=O) groups is 1. The molecule has 2 aromatic carbocycles. The zero-order valence-corrected chi connectivity index (χ0v) is 17.2. The number of amides is 1. The van der Waals surface area contributed by atoms with E-state index in [-0.39, 0.29) is 17.5 Å². The van der Waals surface area contributed by atoms with Crippen molar-refractivity contribution in [2.45, 2.75) is 24.4 Å². The maximum atomic E-state index is 13.2. The topological polar surface area (TPSA) is 69.0 Å². The lowest BCUT2D eigenvalue weighted by Crippen LogP contribution is -2.14. The summed E-state index contributed by atoms with van der Waals surface area (Å²) in [5, 5.41) is 11.8. The van der Waals surface area contributed by atoms with Crippen LogP contribution in [0.1, 0.15) is 17.8 Å². The predicted octanol–water partition coefficient (Wildman–Crippen LogP) is 3.87. The molecular weight excluding hydrogens is 391 g/mol. The molecule has 1 heterocycles. The molecule has 0 bridgehead atoms. The molecule has 0 spiro atoms. The van der Waals surface area contributed by atoms with Gasteiger partial charge in [0.05, 0.1) is 12.9 Å². The molecule has 1 aromatic heterocycles. The van der Waals surface area contributed by atoms with Crippen molar-refractivity contribution in [3.63, 3.8) is 0 Å². The Labute approximate surface area is 173 Å². The predicted molar refractivity (Wildman–Crippen MR) is 112 cm³/mol. The van der Waals surface area contributed by atoms with Gasteiger partial charge in [-0.1, -0.05) is 30.0 Å². The summed E-state index contributed by atoms with van der Waals surface area (Å²) in [4.78, 5) is 12.1. The normalized spacial score (nSPS) is 10.7. The fourth-order valence-electron chi connectivity index (χ4n) is 2.82. The number of aromatic nitrogens is 3. The summed E-state index contributed by atoms with van der Waals surface area (Å²) in [5.41, 5.74) is 1.68. The quantitative estimate of drug-likeness (QED) is 0.539. The van der Waals surface area contributed by atoms with Gasteiger partial charge in [-0.3, -0.25) is 4.79 Å². The number of benzene rings is 2. The minimum atomic E-state index is -0.386. The average molecular weight is 415 g/mol. The standard InChI is InChI=1S/C21H23FN4O2S/c1-26-19(8-3-5-15-9-11-18(28-2)12-10-15)24-25-21(26)29-14-20(27)23-17-7-4-6-16(22)13-17/h4,6-7,9-13H,3,5,8,14H2,1-2H3,(H,23,27). The highest BCUT2D eigenvalue weighted by molar-refractivity contribution is 7.99. The Morgan fingerprint density at radius 3 is 2.69 bits per heavy atom. The van der Waals surface area contributed by atoms with Gasteiger partial charge < -0.3 is 14.6 Å². The molecule has 0 aliphatic heterocycles. The zero-order chi connectivity index (χ0) is 20.6. The highest BCUT2D eigenvalue weighted by atomic mass is 32.2. The van der Waals surface area contributed by atoms with Gasteiger partial charge in [-0.25, -0.2) is 4.39 Å². The Morgan fingerprint density at radius 2 is 1.97 bits per heavy atom. The number of ether oxygens (including phenoxy) is 1. The van der Waals surface area contributed by atoms with Crippen LogP contribution in [0.15, 0.2) is 53.7 Å². The number of nitrogens with one attached hydrogen (secondary N) is 1. The lowest BCUT2D eigenvalue weighted by atomic mass is 10.1. The number of hydrogen-bond acceptors (Lipinski definition) is 5. The number of carbonyl (C=O) groups excluding carboxylic acids is 1. The second kappa shape index (κ2) is 10.1. The van der Waals surface area contributed by atoms with Crippen LogP contribution in [0.2, 0.25) is 0 Å². The first kappa shape index (κ1) is 20.9. The van der Waals surface area contributed by atoms with Gasteiger partial charge in [0.25, 0.3) is 0 Å². The molecule has 0 radical (unpaired) electrons. The van der Waals surface area contributed by atoms with Gasteiger partial charge >= 0.3 is 0 Å². The van der Waals surface area contributed by atoms with Crippen molar-refractivity contribution >= 4 is 23.4 Å². The SMILES string of the molecule is COc1ccc(CCCc2nnc(SCC(=O)Nc3cccc(F)c3)n2C)cc1.